The van der Waals surface area contributed by atoms with Crippen LogP contribution < -0.4 is 26.2 Å². The number of benzene rings is 9. The van der Waals surface area contributed by atoms with E-state index in [1.54, 1.807) is 0 Å². The molecule has 78 heavy (non-hydrogen) atoms. The molecule has 2 nitrogen and oxygen atoms in total. The van der Waals surface area contributed by atoms with Crippen LogP contribution in [0.3, 0.4) is 0 Å². The molecule has 0 spiro atoms. The Hall–Kier alpha value is -7.36. The molecule has 0 saturated heterocycles. The summed E-state index contributed by atoms with van der Waals surface area (Å²) in [7, 11) is 0. The van der Waals surface area contributed by atoms with E-state index in [-0.39, 0.29) is 6.71 Å². The van der Waals surface area contributed by atoms with E-state index in [1.165, 1.54) is 202 Å². The average molecular weight is 1020 g/mol. The number of fused-ring (bicyclic) bond motifs is 4. The van der Waals surface area contributed by atoms with Gasteiger partial charge >= 0.3 is 0 Å². The van der Waals surface area contributed by atoms with Gasteiger partial charge in [-0.25, -0.2) is 0 Å². The second-order valence-corrected chi connectivity index (χ2v) is 22.3. The van der Waals surface area contributed by atoms with Crippen LogP contribution in [-0.2, 0) is 19.3 Å². The molecule has 0 aliphatic carbocycles. The SMILES string of the molecule is CCCCCCCc1ccc2c(c1)N(c1c(-c3ccccc3)cccc1-c1ccccc1)c1cc(CCCCCCC)cc3c1B2c1ccc(CCCCCCC)cc1N3c1c(-c2ccccc2)cccc1-c1ccccc1. The molecule has 0 radical (unpaired) electrons. The van der Waals surface area contributed by atoms with Gasteiger partial charge in [-0.3, -0.25) is 0 Å². The van der Waals surface area contributed by atoms with Crippen LogP contribution in [0.4, 0.5) is 34.1 Å². The largest absolute Gasteiger partial charge is 0.310 e. The lowest BCUT2D eigenvalue weighted by Gasteiger charge is -2.46. The molecule has 0 atom stereocenters. The summed E-state index contributed by atoms with van der Waals surface area (Å²) >= 11 is 0. The third-order valence-electron chi connectivity index (χ3n) is 16.8. The lowest BCUT2D eigenvalue weighted by atomic mass is 9.33. The normalized spacial score (nSPS) is 12.4. The summed E-state index contributed by atoms with van der Waals surface area (Å²) < 4.78 is 0. The summed E-state index contributed by atoms with van der Waals surface area (Å²) in [6.07, 6.45) is 22.0. The van der Waals surface area contributed by atoms with Crippen molar-refractivity contribution in [2.24, 2.45) is 0 Å². The highest BCUT2D eigenvalue weighted by Gasteiger charge is 2.45. The van der Waals surface area contributed by atoms with Crippen molar-refractivity contribution in [3.63, 3.8) is 0 Å². The Kier molecular flexibility index (Phi) is 17.2. The highest BCUT2D eigenvalue weighted by molar-refractivity contribution is 7.00. The molecule has 3 heteroatoms. The van der Waals surface area contributed by atoms with Crippen molar-refractivity contribution < 1.29 is 0 Å². The van der Waals surface area contributed by atoms with Crippen molar-refractivity contribution in [3.8, 4) is 44.5 Å². The van der Waals surface area contributed by atoms with Gasteiger partial charge in [0.15, 0.2) is 0 Å². The first-order valence-corrected chi connectivity index (χ1v) is 30.2. The van der Waals surface area contributed by atoms with E-state index in [9.17, 15) is 0 Å². The van der Waals surface area contributed by atoms with Crippen LogP contribution in [0, 0.1) is 0 Å². The highest BCUT2D eigenvalue weighted by Crippen LogP contribution is 2.53. The van der Waals surface area contributed by atoms with Crippen molar-refractivity contribution in [1.29, 1.82) is 0 Å². The van der Waals surface area contributed by atoms with Crippen molar-refractivity contribution in [2.75, 3.05) is 9.80 Å². The smallest absolute Gasteiger partial charge is 0.252 e. The van der Waals surface area contributed by atoms with Crippen molar-refractivity contribution >= 4 is 57.2 Å². The predicted octanol–water partition coefficient (Wildman–Crippen LogP) is 20.0. The minimum atomic E-state index is 0.0106. The molecular formula is C75H79BN2. The van der Waals surface area contributed by atoms with Crippen LogP contribution in [0.5, 0.6) is 0 Å². The molecule has 11 rings (SSSR count). The van der Waals surface area contributed by atoms with Gasteiger partial charge in [-0.05, 0) is 118 Å². The lowest BCUT2D eigenvalue weighted by Crippen LogP contribution is -2.61. The Balaban J connectivity index is 1.24. The van der Waals surface area contributed by atoms with Crippen LogP contribution in [0.25, 0.3) is 44.5 Å². The zero-order valence-corrected chi connectivity index (χ0v) is 46.8. The van der Waals surface area contributed by atoms with Crippen LogP contribution >= 0.6 is 0 Å². The Morgan fingerprint density at radius 2 is 0.590 bits per heavy atom. The number of aryl methyl sites for hydroxylation is 3. The van der Waals surface area contributed by atoms with Gasteiger partial charge in [0.1, 0.15) is 0 Å². The molecule has 0 bridgehead atoms. The Morgan fingerprint density at radius 1 is 0.282 bits per heavy atom. The maximum atomic E-state index is 2.76. The van der Waals surface area contributed by atoms with Gasteiger partial charge in [0.25, 0.3) is 6.71 Å². The number of rotatable bonds is 24. The van der Waals surface area contributed by atoms with E-state index in [2.05, 4.69) is 237 Å². The summed E-state index contributed by atoms with van der Waals surface area (Å²) in [5, 5.41) is 0. The van der Waals surface area contributed by atoms with Crippen LogP contribution in [-0.4, -0.2) is 6.71 Å². The summed E-state index contributed by atoms with van der Waals surface area (Å²) in [6, 6.07) is 79.3. The fourth-order valence-corrected chi connectivity index (χ4v) is 12.8. The van der Waals surface area contributed by atoms with E-state index in [0.29, 0.717) is 0 Å². The quantitative estimate of drug-likeness (QED) is 0.0440. The summed E-state index contributed by atoms with van der Waals surface area (Å²) in [5.74, 6) is 0. The predicted molar refractivity (Wildman–Crippen MR) is 340 cm³/mol. The molecule has 0 unspecified atom stereocenters. The zero-order valence-electron chi connectivity index (χ0n) is 46.8. The van der Waals surface area contributed by atoms with Crippen LogP contribution in [0.2, 0.25) is 0 Å². The molecule has 392 valence electrons. The van der Waals surface area contributed by atoms with Gasteiger partial charge in [-0.15, -0.1) is 0 Å². The van der Waals surface area contributed by atoms with Gasteiger partial charge in [0, 0.05) is 45.0 Å². The third-order valence-corrected chi connectivity index (χ3v) is 16.8. The fourth-order valence-electron chi connectivity index (χ4n) is 12.8. The minimum absolute atomic E-state index is 0.0106. The van der Waals surface area contributed by atoms with Gasteiger partial charge in [0.2, 0.25) is 0 Å². The summed E-state index contributed by atoms with van der Waals surface area (Å²) in [4.78, 5) is 5.51. The van der Waals surface area contributed by atoms with Crippen molar-refractivity contribution in [3.05, 3.63) is 223 Å². The molecule has 2 aliphatic heterocycles. The monoisotopic (exact) mass is 1020 g/mol. The minimum Gasteiger partial charge on any atom is -0.310 e. The van der Waals surface area contributed by atoms with E-state index in [1.807, 2.05) is 0 Å². The van der Waals surface area contributed by atoms with Crippen molar-refractivity contribution in [1.82, 2.24) is 0 Å². The maximum Gasteiger partial charge on any atom is 0.252 e. The number of hydrogen-bond acceptors (Lipinski definition) is 2. The molecule has 0 N–H and O–H groups in total. The van der Waals surface area contributed by atoms with Gasteiger partial charge in [0.05, 0.1) is 11.4 Å². The Morgan fingerprint density at radius 3 is 0.923 bits per heavy atom. The van der Waals surface area contributed by atoms with Crippen molar-refractivity contribution in [2.45, 2.75) is 136 Å². The number of hydrogen-bond donors (Lipinski definition) is 0. The van der Waals surface area contributed by atoms with Gasteiger partial charge in [-0.1, -0.05) is 280 Å². The molecule has 9 aromatic rings. The maximum absolute atomic E-state index is 2.76. The second-order valence-electron chi connectivity index (χ2n) is 22.3. The summed E-state index contributed by atoms with van der Waals surface area (Å²) in [5.41, 5.74) is 25.9. The number of nitrogens with zero attached hydrogens (tertiary/aromatic N) is 2. The van der Waals surface area contributed by atoms with E-state index >= 15 is 0 Å². The molecule has 0 amide bonds. The Bertz CT molecular complexity index is 3070. The fraction of sp³-hybridized carbons (Fsp3) is 0.280. The first-order valence-electron chi connectivity index (χ1n) is 30.2. The van der Waals surface area contributed by atoms with Crippen LogP contribution in [0.1, 0.15) is 134 Å². The molecule has 9 aromatic carbocycles. The first-order chi connectivity index (χ1) is 38.6. The van der Waals surface area contributed by atoms with E-state index in [4.69, 9.17) is 0 Å². The molecule has 2 heterocycles. The van der Waals surface area contributed by atoms with Gasteiger partial charge < -0.3 is 9.80 Å². The highest BCUT2D eigenvalue weighted by atomic mass is 15.2. The molecule has 0 saturated carbocycles. The third kappa shape index (κ3) is 11.2. The number of para-hydroxylation sites is 2. The van der Waals surface area contributed by atoms with E-state index < -0.39 is 0 Å². The summed E-state index contributed by atoms with van der Waals surface area (Å²) in [6.45, 7) is 6.97. The van der Waals surface area contributed by atoms with Crippen LogP contribution in [0.15, 0.2) is 206 Å². The molecule has 0 aromatic heterocycles. The molecule has 0 fully saturated rings. The average Bonchev–Trinajstić information content (AvgIpc) is 3.66. The lowest BCUT2D eigenvalue weighted by molar-refractivity contribution is 0.632. The Labute approximate surface area is 468 Å². The first kappa shape index (κ1) is 52.7. The number of anilines is 6. The zero-order chi connectivity index (χ0) is 53.0. The molecular weight excluding hydrogens is 940 g/mol. The topological polar surface area (TPSA) is 6.48 Å². The second kappa shape index (κ2) is 25.4. The number of unbranched alkanes of at least 4 members (excludes halogenated alkanes) is 12. The molecule has 2 aliphatic rings. The standard InChI is InChI=1S/C75H79BN2/c1-4-7-10-13-20-33-56-48-50-67-69(52-56)77(74-63(59-36-23-16-24-37-59)44-31-45-64(74)60-38-25-17-26-39-60)71-54-58(35-22-15-12-9-6-3)55-72-73(71)76(67)68-51-49-57(34-21-14-11-8-5-2)53-70(68)78(72)75-65(61-40-27-18-28-41-61)46-32-47-66(75)62-42-29-19-30-43-62/h16-19,23-32,36-55H,4-15,20-22,33-35H2,1-3H3. The van der Waals surface area contributed by atoms with E-state index in [0.717, 1.165) is 25.7 Å². The van der Waals surface area contributed by atoms with Gasteiger partial charge in [-0.2, -0.15) is 0 Å².